The summed E-state index contributed by atoms with van der Waals surface area (Å²) in [5, 5.41) is 4.59. The van der Waals surface area contributed by atoms with E-state index in [1.165, 1.54) is 7.11 Å². The highest BCUT2D eigenvalue weighted by atomic mass is 28.4. The van der Waals surface area contributed by atoms with Crippen LogP contribution in [0.2, 0.25) is 18.1 Å². The van der Waals surface area contributed by atoms with E-state index in [1.54, 1.807) is 6.07 Å². The summed E-state index contributed by atoms with van der Waals surface area (Å²) in [7, 11) is -0.492. The average molecular weight is 319 g/mol. The van der Waals surface area contributed by atoms with Crippen LogP contribution in [0.3, 0.4) is 0 Å². The van der Waals surface area contributed by atoms with Gasteiger partial charge in [-0.3, -0.25) is 0 Å². The van der Waals surface area contributed by atoms with Gasteiger partial charge in [-0.05, 0) is 48.7 Å². The van der Waals surface area contributed by atoms with Crippen molar-refractivity contribution in [3.05, 3.63) is 34.9 Å². The van der Waals surface area contributed by atoms with Gasteiger partial charge in [0.2, 0.25) is 0 Å². The van der Waals surface area contributed by atoms with E-state index in [2.05, 4.69) is 39.0 Å². The molecule has 0 unspecified atom stereocenters. The summed E-state index contributed by atoms with van der Waals surface area (Å²) in [5.41, 5.74) is 3.80. The number of aryl methyl sites for hydroxylation is 1. The zero-order valence-corrected chi connectivity index (χ0v) is 15.3. The molecule has 1 aromatic carbocycles. The Kier molecular flexibility index (Phi) is 4.47. The molecule has 0 amide bonds. The number of methoxy groups -OCH3 is 1. The van der Waals surface area contributed by atoms with Crippen LogP contribution in [0.5, 0.6) is 0 Å². The summed E-state index contributed by atoms with van der Waals surface area (Å²) in [6.07, 6.45) is 1.74. The lowest BCUT2D eigenvalue weighted by Crippen LogP contribution is -2.39. The minimum absolute atomic E-state index is 0.132. The van der Waals surface area contributed by atoms with E-state index < -0.39 is 8.32 Å². The number of fused-ring (bicyclic) bond motifs is 1. The van der Waals surface area contributed by atoms with Crippen molar-refractivity contribution in [1.82, 2.24) is 0 Å². The fourth-order valence-corrected chi connectivity index (χ4v) is 2.73. The largest absolute Gasteiger partial charge is 0.465 e. The topological polar surface area (TPSA) is 47.9 Å². The number of benzene rings is 1. The maximum Gasteiger partial charge on any atom is 0.337 e. The van der Waals surface area contributed by atoms with Gasteiger partial charge in [-0.1, -0.05) is 26.8 Å². The molecule has 0 fully saturated rings. The van der Waals surface area contributed by atoms with E-state index in [4.69, 9.17) is 9.26 Å². The van der Waals surface area contributed by atoms with Crippen molar-refractivity contribution in [3.63, 3.8) is 0 Å². The molecule has 0 heterocycles. The fraction of sp³-hybridized carbons (Fsp3) is 0.529. The van der Waals surface area contributed by atoms with Crippen LogP contribution in [0.1, 0.15) is 48.7 Å². The van der Waals surface area contributed by atoms with Crippen LogP contribution in [0.4, 0.5) is 0 Å². The smallest absolute Gasteiger partial charge is 0.337 e. The second kappa shape index (κ2) is 5.87. The van der Waals surface area contributed by atoms with Gasteiger partial charge >= 0.3 is 5.97 Å². The first-order valence-electron chi connectivity index (χ1n) is 7.62. The second-order valence-electron chi connectivity index (χ2n) is 7.25. The Morgan fingerprint density at radius 3 is 2.50 bits per heavy atom. The fourth-order valence-electron chi connectivity index (χ4n) is 2.12. The summed E-state index contributed by atoms with van der Waals surface area (Å²) < 4.78 is 10.7. The number of carbonyl (C=O) groups excluding carboxylic acids is 1. The van der Waals surface area contributed by atoms with E-state index in [0.29, 0.717) is 5.56 Å². The Morgan fingerprint density at radius 1 is 1.23 bits per heavy atom. The summed E-state index contributed by atoms with van der Waals surface area (Å²) in [6, 6.07) is 5.64. The van der Waals surface area contributed by atoms with Crippen LogP contribution in [-0.4, -0.2) is 27.1 Å². The van der Waals surface area contributed by atoms with E-state index in [1.807, 2.05) is 12.1 Å². The number of ether oxygens (including phenoxy) is 1. The van der Waals surface area contributed by atoms with E-state index >= 15 is 0 Å². The molecule has 5 heteroatoms. The van der Waals surface area contributed by atoms with Crippen molar-refractivity contribution >= 4 is 20.0 Å². The van der Waals surface area contributed by atoms with Gasteiger partial charge in [-0.2, -0.15) is 0 Å². The maximum absolute atomic E-state index is 11.6. The molecule has 0 aliphatic heterocycles. The number of oxime groups is 1. The van der Waals surface area contributed by atoms with Crippen molar-refractivity contribution in [2.75, 3.05) is 7.11 Å². The highest BCUT2D eigenvalue weighted by Gasteiger charge is 2.40. The van der Waals surface area contributed by atoms with Crippen molar-refractivity contribution in [2.24, 2.45) is 5.16 Å². The van der Waals surface area contributed by atoms with Crippen LogP contribution in [-0.2, 0) is 15.7 Å². The Morgan fingerprint density at radius 2 is 1.91 bits per heavy atom. The van der Waals surface area contributed by atoms with Crippen LogP contribution in [0, 0.1) is 0 Å². The van der Waals surface area contributed by atoms with Crippen molar-refractivity contribution in [2.45, 2.75) is 51.7 Å². The molecule has 0 aromatic heterocycles. The van der Waals surface area contributed by atoms with Gasteiger partial charge in [-0.15, -0.1) is 5.16 Å². The van der Waals surface area contributed by atoms with Crippen molar-refractivity contribution in [1.29, 1.82) is 0 Å². The third-order valence-electron chi connectivity index (χ3n) is 4.66. The molecule has 22 heavy (non-hydrogen) atoms. The van der Waals surface area contributed by atoms with Gasteiger partial charge in [0, 0.05) is 5.56 Å². The summed E-state index contributed by atoms with van der Waals surface area (Å²) in [5.74, 6) is -0.300. The quantitative estimate of drug-likeness (QED) is 0.478. The molecule has 0 atom stereocenters. The summed E-state index contributed by atoms with van der Waals surface area (Å²) in [6.45, 7) is 11.0. The lowest BCUT2D eigenvalue weighted by atomic mass is 10.1. The highest BCUT2D eigenvalue weighted by Crippen LogP contribution is 2.37. The lowest BCUT2D eigenvalue weighted by Gasteiger charge is -2.33. The number of hydrogen-bond acceptors (Lipinski definition) is 4. The molecule has 0 N–H and O–H groups in total. The minimum Gasteiger partial charge on any atom is -0.465 e. The number of nitrogens with zero attached hydrogens (tertiary/aromatic N) is 1. The molecule has 120 valence electrons. The third kappa shape index (κ3) is 3.24. The zero-order valence-electron chi connectivity index (χ0n) is 14.3. The van der Waals surface area contributed by atoms with Gasteiger partial charge in [0.05, 0.1) is 18.4 Å². The number of esters is 1. The molecular formula is C17H25NO3Si. The molecule has 0 radical (unpaired) electrons. The molecule has 1 aliphatic carbocycles. The highest BCUT2D eigenvalue weighted by molar-refractivity contribution is 6.74. The molecular weight excluding hydrogens is 294 g/mol. The van der Waals surface area contributed by atoms with E-state index in [0.717, 1.165) is 29.7 Å². The van der Waals surface area contributed by atoms with Crippen molar-refractivity contribution < 1.29 is 14.1 Å². The Hall–Kier alpha value is -1.62. The molecule has 0 bridgehead atoms. The predicted octanol–water partition coefficient (Wildman–Crippen LogP) is 4.15. The number of carbonyl (C=O) groups is 1. The molecule has 4 nitrogen and oxygen atoms in total. The molecule has 2 rings (SSSR count). The van der Waals surface area contributed by atoms with Gasteiger partial charge in [0.1, 0.15) is 0 Å². The van der Waals surface area contributed by atoms with Crippen LogP contribution < -0.4 is 0 Å². The molecule has 1 aliphatic rings. The number of rotatable bonds is 3. The standard InChI is InChI=1S/C17H25NO3Si/c1-17(2,3)22(5,6)21-18-15-10-8-12-11-13(16(19)20-4)7-9-14(12)15/h7,9,11H,8,10H2,1-6H3. The summed E-state index contributed by atoms with van der Waals surface area (Å²) in [4.78, 5) is 11.6. The first-order chi connectivity index (χ1) is 10.2. The molecule has 0 saturated heterocycles. The molecule has 1 aromatic rings. The predicted molar refractivity (Wildman–Crippen MR) is 90.9 cm³/mol. The van der Waals surface area contributed by atoms with Crippen LogP contribution in [0.25, 0.3) is 0 Å². The normalized spacial score (nSPS) is 16.5. The average Bonchev–Trinajstić information content (AvgIpc) is 2.85. The van der Waals surface area contributed by atoms with Gasteiger partial charge in [0.15, 0.2) is 0 Å². The van der Waals surface area contributed by atoms with Crippen LogP contribution in [0.15, 0.2) is 23.4 Å². The van der Waals surface area contributed by atoms with E-state index in [9.17, 15) is 4.79 Å². The monoisotopic (exact) mass is 319 g/mol. The minimum atomic E-state index is -1.89. The first kappa shape index (κ1) is 16.7. The Labute approximate surface area is 133 Å². The second-order valence-corrected chi connectivity index (χ2v) is 12.0. The Balaban J connectivity index is 2.22. The summed E-state index contributed by atoms with van der Waals surface area (Å²) >= 11 is 0. The maximum atomic E-state index is 11.6. The first-order valence-corrected chi connectivity index (χ1v) is 10.5. The third-order valence-corrected chi connectivity index (χ3v) is 8.82. The van der Waals surface area contributed by atoms with Crippen molar-refractivity contribution in [3.8, 4) is 0 Å². The van der Waals surface area contributed by atoms with Gasteiger partial charge < -0.3 is 9.26 Å². The SMILES string of the molecule is COC(=O)c1ccc2c(c1)CCC2=NO[Si](C)(C)C(C)(C)C. The van der Waals surface area contributed by atoms with Gasteiger partial charge in [0.25, 0.3) is 8.32 Å². The molecule has 0 spiro atoms. The zero-order chi connectivity index (χ0) is 16.5. The lowest BCUT2D eigenvalue weighted by molar-refractivity contribution is 0.0600. The van der Waals surface area contributed by atoms with Crippen LogP contribution >= 0.6 is 0 Å². The van der Waals surface area contributed by atoms with E-state index in [-0.39, 0.29) is 11.0 Å². The van der Waals surface area contributed by atoms with Gasteiger partial charge in [-0.25, -0.2) is 4.79 Å². The molecule has 0 saturated carbocycles. The Bertz CT molecular complexity index is 615. The number of hydrogen-bond donors (Lipinski definition) is 0.